The van der Waals surface area contributed by atoms with Crippen LogP contribution in [0.3, 0.4) is 0 Å². The second-order valence-corrected chi connectivity index (χ2v) is 6.09. The Kier molecular flexibility index (Phi) is 5.83. The lowest BCUT2D eigenvalue weighted by atomic mass is 9.99. The highest BCUT2D eigenvalue weighted by Gasteiger charge is 2.20. The largest absolute Gasteiger partial charge is 0.478 e. The average Bonchev–Trinajstić information content (AvgIpc) is 2.81. The molecule has 0 atom stereocenters. The Balaban J connectivity index is 2.75. The summed E-state index contributed by atoms with van der Waals surface area (Å²) in [5.41, 5.74) is 4.65. The van der Waals surface area contributed by atoms with Gasteiger partial charge in [-0.2, -0.15) is 0 Å². The van der Waals surface area contributed by atoms with Crippen LogP contribution in [0.15, 0.2) is 12.1 Å². The number of carbonyl (C=O) groups is 1. The van der Waals surface area contributed by atoms with Crippen molar-refractivity contribution in [2.24, 2.45) is 0 Å². The number of fused-ring (bicyclic) bond motifs is 1. The van der Waals surface area contributed by atoms with E-state index in [1.807, 2.05) is 6.92 Å². The van der Waals surface area contributed by atoms with E-state index >= 15 is 0 Å². The molecule has 2 aromatic rings. The number of aliphatic hydroxyl groups excluding tert-OH is 1. The fraction of sp³-hybridized carbons (Fsp3) is 0.526. The molecule has 0 unspecified atom stereocenters. The molecule has 126 valence electrons. The van der Waals surface area contributed by atoms with Crippen molar-refractivity contribution in [3.8, 4) is 0 Å². The summed E-state index contributed by atoms with van der Waals surface area (Å²) in [4.78, 5) is 11.8. The number of carboxylic acids is 1. The Bertz CT molecular complexity index is 700. The van der Waals surface area contributed by atoms with Crippen LogP contribution >= 0.6 is 0 Å². The first kappa shape index (κ1) is 17.5. The van der Waals surface area contributed by atoms with E-state index < -0.39 is 5.97 Å². The number of aryl methyl sites for hydroxylation is 3. The molecule has 4 heteroatoms. The Morgan fingerprint density at radius 1 is 1.22 bits per heavy atom. The standard InChI is InChI=1S/C19H27NO3/c1-4-6-8-15-13(3)20(9-7-10-21)18-16(15)11-14(5-2)12-17(18)19(22)23/h11-12,21H,4-10H2,1-3H3,(H,22,23). The molecule has 1 aromatic heterocycles. The maximum atomic E-state index is 11.8. The molecule has 2 rings (SSSR count). The van der Waals surface area contributed by atoms with Gasteiger partial charge in [0.1, 0.15) is 0 Å². The number of benzene rings is 1. The zero-order valence-electron chi connectivity index (χ0n) is 14.4. The minimum absolute atomic E-state index is 0.110. The first-order valence-corrected chi connectivity index (χ1v) is 8.53. The molecule has 0 amide bonds. The van der Waals surface area contributed by atoms with Crippen LogP contribution in [0.5, 0.6) is 0 Å². The molecule has 0 bridgehead atoms. The Morgan fingerprint density at radius 2 is 1.96 bits per heavy atom. The molecule has 4 nitrogen and oxygen atoms in total. The van der Waals surface area contributed by atoms with Crippen LogP contribution in [0.2, 0.25) is 0 Å². The van der Waals surface area contributed by atoms with Crippen molar-refractivity contribution in [2.45, 2.75) is 59.4 Å². The van der Waals surface area contributed by atoms with Gasteiger partial charge in [0, 0.05) is 24.2 Å². The second-order valence-electron chi connectivity index (χ2n) is 6.09. The van der Waals surface area contributed by atoms with Crippen molar-refractivity contribution >= 4 is 16.9 Å². The highest BCUT2D eigenvalue weighted by atomic mass is 16.4. The van der Waals surface area contributed by atoms with Crippen LogP contribution in [-0.4, -0.2) is 27.4 Å². The summed E-state index contributed by atoms with van der Waals surface area (Å²) in [5.74, 6) is -0.880. The Hall–Kier alpha value is -1.81. The fourth-order valence-electron chi connectivity index (χ4n) is 3.29. The minimum atomic E-state index is -0.880. The van der Waals surface area contributed by atoms with E-state index in [-0.39, 0.29) is 6.61 Å². The van der Waals surface area contributed by atoms with E-state index in [0.717, 1.165) is 47.8 Å². The summed E-state index contributed by atoms with van der Waals surface area (Å²) in [6, 6.07) is 3.94. The van der Waals surface area contributed by atoms with E-state index in [0.29, 0.717) is 18.5 Å². The topological polar surface area (TPSA) is 62.5 Å². The van der Waals surface area contributed by atoms with E-state index in [4.69, 9.17) is 5.11 Å². The molecule has 0 saturated carbocycles. The Labute approximate surface area is 137 Å². The first-order valence-electron chi connectivity index (χ1n) is 8.53. The van der Waals surface area contributed by atoms with Gasteiger partial charge in [-0.25, -0.2) is 4.79 Å². The third-order valence-electron chi connectivity index (χ3n) is 4.57. The SMILES string of the molecule is CCCCc1c(C)n(CCCO)c2c(C(=O)O)cc(CC)cc12. The molecular weight excluding hydrogens is 290 g/mol. The molecule has 0 aliphatic heterocycles. The zero-order chi connectivity index (χ0) is 17.0. The van der Waals surface area contributed by atoms with Gasteiger partial charge in [-0.1, -0.05) is 20.3 Å². The summed E-state index contributed by atoms with van der Waals surface area (Å²) in [7, 11) is 0. The lowest BCUT2D eigenvalue weighted by Crippen LogP contribution is -2.07. The van der Waals surface area contributed by atoms with Crippen LogP contribution < -0.4 is 0 Å². The number of hydrogen-bond acceptors (Lipinski definition) is 2. The van der Waals surface area contributed by atoms with Gasteiger partial charge in [0.15, 0.2) is 0 Å². The number of aromatic nitrogens is 1. The number of hydrogen-bond donors (Lipinski definition) is 2. The second kappa shape index (κ2) is 7.64. The van der Waals surface area contributed by atoms with Gasteiger partial charge in [0.05, 0.1) is 11.1 Å². The smallest absolute Gasteiger partial charge is 0.337 e. The normalized spacial score (nSPS) is 11.3. The van der Waals surface area contributed by atoms with Crippen molar-refractivity contribution < 1.29 is 15.0 Å². The van der Waals surface area contributed by atoms with E-state index in [1.165, 1.54) is 5.56 Å². The van der Waals surface area contributed by atoms with Crippen LogP contribution in [0, 0.1) is 6.92 Å². The molecule has 0 spiro atoms. The van der Waals surface area contributed by atoms with Gasteiger partial charge in [-0.15, -0.1) is 0 Å². The van der Waals surface area contributed by atoms with Gasteiger partial charge in [-0.3, -0.25) is 0 Å². The van der Waals surface area contributed by atoms with Gasteiger partial charge in [-0.05, 0) is 55.9 Å². The van der Waals surface area contributed by atoms with Crippen molar-refractivity contribution in [1.82, 2.24) is 4.57 Å². The van der Waals surface area contributed by atoms with E-state index in [1.54, 1.807) is 6.07 Å². The number of aromatic carboxylic acids is 1. The van der Waals surface area contributed by atoms with Crippen molar-refractivity contribution in [2.75, 3.05) is 6.61 Å². The Morgan fingerprint density at radius 3 is 2.52 bits per heavy atom. The van der Waals surface area contributed by atoms with Crippen molar-refractivity contribution in [3.05, 3.63) is 34.5 Å². The quantitative estimate of drug-likeness (QED) is 0.775. The maximum absolute atomic E-state index is 11.8. The number of nitrogens with zero attached hydrogens (tertiary/aromatic N) is 1. The fourth-order valence-corrected chi connectivity index (χ4v) is 3.29. The first-order chi connectivity index (χ1) is 11.0. The summed E-state index contributed by atoms with van der Waals surface area (Å²) >= 11 is 0. The molecule has 0 aliphatic carbocycles. The average molecular weight is 317 g/mol. The van der Waals surface area contributed by atoms with Gasteiger partial charge in [0.2, 0.25) is 0 Å². The lowest BCUT2D eigenvalue weighted by molar-refractivity contribution is 0.0698. The monoisotopic (exact) mass is 317 g/mol. The van der Waals surface area contributed by atoms with Gasteiger partial charge < -0.3 is 14.8 Å². The zero-order valence-corrected chi connectivity index (χ0v) is 14.4. The van der Waals surface area contributed by atoms with Crippen LogP contribution in [0.1, 0.15) is 60.3 Å². The number of carboxylic acid groups (broad SMARTS) is 1. The van der Waals surface area contributed by atoms with Crippen LogP contribution in [0.25, 0.3) is 10.9 Å². The number of rotatable bonds is 8. The molecule has 2 N–H and O–H groups in total. The molecule has 0 fully saturated rings. The van der Waals surface area contributed by atoms with Crippen molar-refractivity contribution in [1.29, 1.82) is 0 Å². The molecule has 1 aromatic carbocycles. The number of unbranched alkanes of at least 4 members (excludes halogenated alkanes) is 1. The number of aliphatic hydroxyl groups is 1. The lowest BCUT2D eigenvalue weighted by Gasteiger charge is -2.10. The summed E-state index contributed by atoms with van der Waals surface area (Å²) < 4.78 is 2.08. The summed E-state index contributed by atoms with van der Waals surface area (Å²) in [6.07, 6.45) is 4.63. The molecule has 23 heavy (non-hydrogen) atoms. The molecule has 0 saturated heterocycles. The highest BCUT2D eigenvalue weighted by molar-refractivity contribution is 6.04. The molecule has 0 aliphatic rings. The van der Waals surface area contributed by atoms with Crippen LogP contribution in [0.4, 0.5) is 0 Å². The van der Waals surface area contributed by atoms with E-state index in [9.17, 15) is 9.90 Å². The van der Waals surface area contributed by atoms with Gasteiger partial charge in [0.25, 0.3) is 0 Å². The highest BCUT2D eigenvalue weighted by Crippen LogP contribution is 2.32. The molecular formula is C19H27NO3. The van der Waals surface area contributed by atoms with E-state index in [2.05, 4.69) is 24.5 Å². The maximum Gasteiger partial charge on any atom is 0.337 e. The third-order valence-corrected chi connectivity index (χ3v) is 4.57. The predicted octanol–water partition coefficient (Wildman–Crippen LogP) is 3.94. The van der Waals surface area contributed by atoms with Gasteiger partial charge >= 0.3 is 5.97 Å². The molecule has 0 radical (unpaired) electrons. The predicted molar refractivity (Wildman–Crippen MR) is 93.3 cm³/mol. The third kappa shape index (κ3) is 3.42. The summed E-state index contributed by atoms with van der Waals surface area (Å²) in [6.45, 7) is 7.05. The molecule has 1 heterocycles. The minimum Gasteiger partial charge on any atom is -0.478 e. The van der Waals surface area contributed by atoms with Crippen molar-refractivity contribution in [3.63, 3.8) is 0 Å². The summed E-state index contributed by atoms with van der Waals surface area (Å²) in [5, 5.41) is 19.9. The van der Waals surface area contributed by atoms with Crippen LogP contribution in [-0.2, 0) is 19.4 Å².